The maximum absolute atomic E-state index is 12.3. The molecule has 0 spiro atoms. The van der Waals surface area contributed by atoms with Crippen LogP contribution in [0.2, 0.25) is 0 Å². The van der Waals surface area contributed by atoms with Crippen molar-refractivity contribution < 1.29 is 18.8 Å². The summed E-state index contributed by atoms with van der Waals surface area (Å²) in [5, 5.41) is 5.43. The maximum Gasteiger partial charge on any atom is 0.287 e. The Hall–Kier alpha value is -2.61. The number of amides is 3. The number of hydrogen-bond donors (Lipinski definition) is 2. The smallest absolute Gasteiger partial charge is 0.287 e. The average molecular weight is 434 g/mol. The molecule has 1 fully saturated rings. The van der Waals surface area contributed by atoms with Crippen LogP contribution in [0.5, 0.6) is 0 Å². The van der Waals surface area contributed by atoms with Crippen LogP contribution >= 0.6 is 15.9 Å². The number of nitrogens with one attached hydrogen (secondary N) is 2. The molecule has 3 amide bonds. The zero-order chi connectivity index (χ0) is 19.2. The zero-order valence-corrected chi connectivity index (χ0v) is 16.2. The molecule has 1 aromatic carbocycles. The molecule has 0 aliphatic carbocycles. The third-order valence-electron chi connectivity index (χ3n) is 4.31. The molecule has 8 heteroatoms. The SMILES string of the molecule is O=C(NCCNC(=O)[C@H]1CC(=O)N(Cc2ccccc2)C1)c1ccc(Br)o1. The molecule has 142 valence electrons. The zero-order valence-electron chi connectivity index (χ0n) is 14.6. The summed E-state index contributed by atoms with van der Waals surface area (Å²) in [4.78, 5) is 38.0. The predicted octanol–water partition coefficient (Wildman–Crippen LogP) is 1.94. The van der Waals surface area contributed by atoms with Gasteiger partial charge in [-0.15, -0.1) is 0 Å². The van der Waals surface area contributed by atoms with Crippen LogP contribution in [0.25, 0.3) is 0 Å². The second-order valence-corrected chi connectivity index (χ2v) is 7.09. The molecule has 1 atom stereocenters. The van der Waals surface area contributed by atoms with Crippen LogP contribution in [0.4, 0.5) is 0 Å². The fourth-order valence-electron chi connectivity index (χ4n) is 2.93. The van der Waals surface area contributed by atoms with Crippen molar-refractivity contribution >= 4 is 33.7 Å². The first-order chi connectivity index (χ1) is 13.0. The number of nitrogens with zero attached hydrogens (tertiary/aromatic N) is 1. The van der Waals surface area contributed by atoms with Gasteiger partial charge in [0.05, 0.1) is 5.92 Å². The summed E-state index contributed by atoms with van der Waals surface area (Å²) in [5.74, 6) is -0.700. The van der Waals surface area contributed by atoms with E-state index in [2.05, 4.69) is 26.6 Å². The standard InChI is InChI=1S/C19H20BrN3O4/c20-16-7-6-15(27-16)19(26)22-9-8-21-18(25)14-10-17(24)23(12-14)11-13-4-2-1-3-5-13/h1-7,14H,8-12H2,(H,21,25)(H,22,26)/t14-/m0/s1. The molecule has 3 rings (SSSR count). The first-order valence-corrected chi connectivity index (χ1v) is 9.45. The Balaban J connectivity index is 1.39. The predicted molar refractivity (Wildman–Crippen MR) is 102 cm³/mol. The number of carbonyl (C=O) groups excluding carboxylic acids is 3. The maximum atomic E-state index is 12.3. The molecular weight excluding hydrogens is 414 g/mol. The van der Waals surface area contributed by atoms with Crippen molar-refractivity contribution in [2.24, 2.45) is 5.92 Å². The second kappa shape index (κ2) is 8.85. The largest absolute Gasteiger partial charge is 0.444 e. The Morgan fingerprint density at radius 2 is 1.85 bits per heavy atom. The van der Waals surface area contributed by atoms with Gasteiger partial charge < -0.3 is 20.0 Å². The highest BCUT2D eigenvalue weighted by molar-refractivity contribution is 9.10. The van der Waals surface area contributed by atoms with E-state index in [1.54, 1.807) is 17.0 Å². The van der Waals surface area contributed by atoms with Gasteiger partial charge in [-0.1, -0.05) is 30.3 Å². The van der Waals surface area contributed by atoms with Crippen molar-refractivity contribution in [1.29, 1.82) is 0 Å². The highest BCUT2D eigenvalue weighted by Gasteiger charge is 2.33. The molecule has 2 N–H and O–H groups in total. The molecule has 1 aromatic heterocycles. The van der Waals surface area contributed by atoms with Gasteiger partial charge in [-0.2, -0.15) is 0 Å². The fourth-order valence-corrected chi connectivity index (χ4v) is 3.24. The number of carbonyl (C=O) groups is 3. The second-order valence-electron chi connectivity index (χ2n) is 6.31. The highest BCUT2D eigenvalue weighted by atomic mass is 79.9. The number of furan rings is 1. The van der Waals surface area contributed by atoms with Crippen LogP contribution in [-0.2, 0) is 16.1 Å². The van der Waals surface area contributed by atoms with Gasteiger partial charge >= 0.3 is 0 Å². The van der Waals surface area contributed by atoms with E-state index in [0.29, 0.717) is 17.8 Å². The summed E-state index contributed by atoms with van der Waals surface area (Å²) in [7, 11) is 0. The Bertz CT molecular complexity index is 821. The number of hydrogen-bond acceptors (Lipinski definition) is 4. The summed E-state index contributed by atoms with van der Waals surface area (Å²) in [6, 6.07) is 12.9. The lowest BCUT2D eigenvalue weighted by atomic mass is 10.1. The molecule has 1 aliphatic rings. The summed E-state index contributed by atoms with van der Waals surface area (Å²) < 4.78 is 5.63. The number of benzene rings is 1. The Labute approximate surface area is 165 Å². The van der Waals surface area contributed by atoms with E-state index in [1.165, 1.54) is 0 Å². The summed E-state index contributed by atoms with van der Waals surface area (Å²) in [6.45, 7) is 1.48. The van der Waals surface area contributed by atoms with Crippen LogP contribution < -0.4 is 10.6 Å². The molecular formula is C19H20BrN3O4. The molecule has 0 saturated carbocycles. The minimum absolute atomic E-state index is 0.0179. The van der Waals surface area contributed by atoms with E-state index in [0.717, 1.165) is 5.56 Å². The van der Waals surface area contributed by atoms with Crippen molar-refractivity contribution in [3.63, 3.8) is 0 Å². The third-order valence-corrected chi connectivity index (χ3v) is 4.73. The summed E-state index contributed by atoms with van der Waals surface area (Å²) in [6.07, 6.45) is 0.214. The van der Waals surface area contributed by atoms with E-state index in [4.69, 9.17) is 4.42 Å². The first kappa shape index (κ1) is 19.2. The van der Waals surface area contributed by atoms with Crippen LogP contribution in [-0.4, -0.2) is 42.3 Å². The number of halogens is 1. The minimum Gasteiger partial charge on any atom is -0.444 e. The Morgan fingerprint density at radius 3 is 2.56 bits per heavy atom. The summed E-state index contributed by atoms with van der Waals surface area (Å²) >= 11 is 3.13. The van der Waals surface area contributed by atoms with Crippen LogP contribution in [0, 0.1) is 5.92 Å². The molecule has 2 aromatic rings. The Morgan fingerprint density at radius 1 is 1.11 bits per heavy atom. The summed E-state index contributed by atoms with van der Waals surface area (Å²) in [5.41, 5.74) is 1.04. The van der Waals surface area contributed by atoms with Crippen LogP contribution in [0.3, 0.4) is 0 Å². The monoisotopic (exact) mass is 433 g/mol. The molecule has 2 heterocycles. The van der Waals surface area contributed by atoms with E-state index in [-0.39, 0.29) is 48.9 Å². The van der Waals surface area contributed by atoms with Gasteiger partial charge in [-0.05, 0) is 33.6 Å². The van der Waals surface area contributed by atoms with Crippen molar-refractivity contribution in [3.05, 3.63) is 58.5 Å². The lowest BCUT2D eigenvalue weighted by molar-refractivity contribution is -0.129. The molecule has 0 unspecified atom stereocenters. The van der Waals surface area contributed by atoms with Crippen molar-refractivity contribution in [1.82, 2.24) is 15.5 Å². The third kappa shape index (κ3) is 5.19. The van der Waals surface area contributed by atoms with E-state index in [9.17, 15) is 14.4 Å². The number of likely N-dealkylation sites (tertiary alicyclic amines) is 1. The fraction of sp³-hybridized carbons (Fsp3) is 0.316. The lowest BCUT2D eigenvalue weighted by Gasteiger charge is -2.16. The molecule has 7 nitrogen and oxygen atoms in total. The lowest BCUT2D eigenvalue weighted by Crippen LogP contribution is -2.38. The van der Waals surface area contributed by atoms with E-state index < -0.39 is 0 Å². The molecule has 0 radical (unpaired) electrons. The number of rotatable bonds is 7. The topological polar surface area (TPSA) is 91.7 Å². The normalized spacial score (nSPS) is 16.4. The van der Waals surface area contributed by atoms with Gasteiger partial charge in [0.2, 0.25) is 11.8 Å². The van der Waals surface area contributed by atoms with Gasteiger partial charge in [-0.25, -0.2) is 0 Å². The van der Waals surface area contributed by atoms with Crippen molar-refractivity contribution in [2.45, 2.75) is 13.0 Å². The van der Waals surface area contributed by atoms with Gasteiger partial charge in [0, 0.05) is 32.6 Å². The van der Waals surface area contributed by atoms with Crippen LogP contribution in [0.15, 0.2) is 51.6 Å². The highest BCUT2D eigenvalue weighted by Crippen LogP contribution is 2.20. The van der Waals surface area contributed by atoms with E-state index >= 15 is 0 Å². The Kier molecular flexibility index (Phi) is 6.28. The average Bonchev–Trinajstić information content (AvgIpc) is 3.25. The van der Waals surface area contributed by atoms with Crippen molar-refractivity contribution in [2.75, 3.05) is 19.6 Å². The van der Waals surface area contributed by atoms with Gasteiger partial charge in [0.1, 0.15) is 0 Å². The minimum atomic E-state index is -0.363. The first-order valence-electron chi connectivity index (χ1n) is 8.66. The molecule has 0 bridgehead atoms. The molecule has 27 heavy (non-hydrogen) atoms. The van der Waals surface area contributed by atoms with Gasteiger partial charge in [0.25, 0.3) is 5.91 Å². The molecule has 1 aliphatic heterocycles. The quantitative estimate of drug-likeness (QED) is 0.652. The van der Waals surface area contributed by atoms with Crippen LogP contribution in [0.1, 0.15) is 22.5 Å². The van der Waals surface area contributed by atoms with Gasteiger partial charge in [0.15, 0.2) is 10.4 Å². The van der Waals surface area contributed by atoms with Crippen molar-refractivity contribution in [3.8, 4) is 0 Å². The molecule has 1 saturated heterocycles. The van der Waals surface area contributed by atoms with E-state index in [1.807, 2.05) is 30.3 Å². The van der Waals surface area contributed by atoms with Gasteiger partial charge in [-0.3, -0.25) is 14.4 Å².